The molecule has 0 spiro atoms. The van der Waals surface area contributed by atoms with Crippen molar-refractivity contribution in [2.24, 2.45) is 5.92 Å². The molecule has 0 aliphatic carbocycles. The highest BCUT2D eigenvalue weighted by atomic mass is 16.5. The maximum atomic E-state index is 13.9. The van der Waals surface area contributed by atoms with Crippen molar-refractivity contribution in [3.63, 3.8) is 0 Å². The molecule has 38 heavy (non-hydrogen) atoms. The lowest BCUT2D eigenvalue weighted by atomic mass is 9.97. The van der Waals surface area contributed by atoms with Gasteiger partial charge in [-0.15, -0.1) is 0 Å². The van der Waals surface area contributed by atoms with Gasteiger partial charge in [0.15, 0.2) is 0 Å². The summed E-state index contributed by atoms with van der Waals surface area (Å²) in [6, 6.07) is 28.2. The number of rotatable bonds is 8. The molecule has 6 nitrogen and oxygen atoms in total. The summed E-state index contributed by atoms with van der Waals surface area (Å²) in [6.07, 6.45) is 1.10. The number of amides is 1. The van der Waals surface area contributed by atoms with Crippen molar-refractivity contribution in [3.8, 4) is 5.75 Å². The van der Waals surface area contributed by atoms with Crippen LogP contribution in [0.4, 0.5) is 0 Å². The van der Waals surface area contributed by atoms with Gasteiger partial charge in [-0.1, -0.05) is 66.7 Å². The van der Waals surface area contributed by atoms with Crippen LogP contribution in [0.2, 0.25) is 0 Å². The monoisotopic (exact) mass is 510 g/mol. The standard InChI is InChI=1S/C32H34N2O4/c1-3-37-32(36)26-17-19-33(20-18-26)31(35)29-21-27-28(34(29)22-24-11-6-4-7-12-24)15-10-16-30(27)38-23(2)25-13-8-5-9-14-25/h4-16,21,23,26H,3,17-20,22H2,1-2H3. The molecular formula is C32H34N2O4. The van der Waals surface area contributed by atoms with Gasteiger partial charge < -0.3 is 18.9 Å². The quantitative estimate of drug-likeness (QED) is 0.263. The maximum Gasteiger partial charge on any atom is 0.309 e. The largest absolute Gasteiger partial charge is 0.485 e. The first-order valence-corrected chi connectivity index (χ1v) is 13.4. The van der Waals surface area contributed by atoms with Gasteiger partial charge in [-0.05, 0) is 56.0 Å². The fourth-order valence-electron chi connectivity index (χ4n) is 5.20. The van der Waals surface area contributed by atoms with E-state index in [2.05, 4.69) is 28.8 Å². The molecule has 4 aromatic rings. The minimum Gasteiger partial charge on any atom is -0.485 e. The van der Waals surface area contributed by atoms with Gasteiger partial charge in [0.2, 0.25) is 0 Å². The van der Waals surface area contributed by atoms with Crippen LogP contribution >= 0.6 is 0 Å². The second-order valence-corrected chi connectivity index (χ2v) is 9.78. The minimum absolute atomic E-state index is 0.0264. The van der Waals surface area contributed by atoms with E-state index in [1.54, 1.807) is 0 Å². The summed E-state index contributed by atoms with van der Waals surface area (Å²) in [5, 5.41) is 0.913. The van der Waals surface area contributed by atoms with Crippen LogP contribution in [0.25, 0.3) is 10.9 Å². The van der Waals surface area contributed by atoms with Crippen LogP contribution in [0.1, 0.15) is 54.4 Å². The summed E-state index contributed by atoms with van der Waals surface area (Å²) < 4.78 is 13.7. The maximum absolute atomic E-state index is 13.9. The Balaban J connectivity index is 1.47. The Kier molecular flexibility index (Phi) is 7.78. The van der Waals surface area contributed by atoms with Gasteiger partial charge in [0, 0.05) is 25.0 Å². The molecule has 6 heteroatoms. The zero-order valence-electron chi connectivity index (χ0n) is 22.0. The van der Waals surface area contributed by atoms with E-state index in [4.69, 9.17) is 9.47 Å². The van der Waals surface area contributed by atoms with E-state index in [9.17, 15) is 9.59 Å². The van der Waals surface area contributed by atoms with Crippen molar-refractivity contribution in [2.75, 3.05) is 19.7 Å². The highest BCUT2D eigenvalue weighted by Crippen LogP contribution is 2.33. The lowest BCUT2D eigenvalue weighted by Crippen LogP contribution is -2.41. The predicted octanol–water partition coefficient (Wildman–Crippen LogP) is 6.24. The van der Waals surface area contributed by atoms with E-state index < -0.39 is 0 Å². The summed E-state index contributed by atoms with van der Waals surface area (Å²) in [6.45, 7) is 5.87. The topological polar surface area (TPSA) is 60.8 Å². The Morgan fingerprint density at radius 1 is 0.921 bits per heavy atom. The van der Waals surface area contributed by atoms with E-state index in [-0.39, 0.29) is 23.9 Å². The van der Waals surface area contributed by atoms with Gasteiger partial charge in [-0.25, -0.2) is 0 Å². The SMILES string of the molecule is CCOC(=O)C1CCN(C(=O)c2cc3c(OC(C)c4ccccc4)cccc3n2Cc2ccccc2)CC1. The van der Waals surface area contributed by atoms with Gasteiger partial charge in [0.05, 0.1) is 18.0 Å². The second-order valence-electron chi connectivity index (χ2n) is 9.78. The number of benzene rings is 3. The van der Waals surface area contributed by atoms with Crippen LogP contribution in [0.3, 0.4) is 0 Å². The molecule has 196 valence electrons. The molecule has 1 aliphatic rings. The number of carbonyl (C=O) groups excluding carboxylic acids is 2. The van der Waals surface area contributed by atoms with Crippen LogP contribution < -0.4 is 4.74 Å². The lowest BCUT2D eigenvalue weighted by Gasteiger charge is -2.31. The number of aromatic nitrogens is 1. The molecule has 5 rings (SSSR count). The summed E-state index contributed by atoms with van der Waals surface area (Å²) in [5.41, 5.74) is 3.79. The summed E-state index contributed by atoms with van der Waals surface area (Å²) >= 11 is 0. The number of ether oxygens (including phenoxy) is 2. The van der Waals surface area contributed by atoms with Crippen molar-refractivity contribution in [1.82, 2.24) is 9.47 Å². The average molecular weight is 511 g/mol. The first kappa shape index (κ1) is 25.6. The predicted molar refractivity (Wildman–Crippen MR) is 148 cm³/mol. The molecule has 1 aromatic heterocycles. The molecule has 0 bridgehead atoms. The zero-order valence-corrected chi connectivity index (χ0v) is 22.0. The molecule has 0 N–H and O–H groups in total. The molecule has 1 unspecified atom stereocenters. The van der Waals surface area contributed by atoms with Crippen molar-refractivity contribution in [1.29, 1.82) is 0 Å². The molecule has 3 aromatic carbocycles. The molecule has 1 atom stereocenters. The van der Waals surface area contributed by atoms with E-state index in [0.717, 1.165) is 27.8 Å². The summed E-state index contributed by atoms with van der Waals surface area (Å²) in [4.78, 5) is 27.9. The van der Waals surface area contributed by atoms with E-state index in [1.165, 1.54) is 0 Å². The zero-order chi connectivity index (χ0) is 26.5. The molecule has 0 saturated carbocycles. The first-order chi connectivity index (χ1) is 18.5. The van der Waals surface area contributed by atoms with Crippen LogP contribution in [-0.2, 0) is 16.1 Å². The minimum atomic E-state index is -0.160. The molecule has 1 fully saturated rings. The van der Waals surface area contributed by atoms with Crippen LogP contribution in [0, 0.1) is 5.92 Å². The summed E-state index contributed by atoms with van der Waals surface area (Å²) in [5.74, 6) is 0.419. The fourth-order valence-corrected chi connectivity index (χ4v) is 5.20. The van der Waals surface area contributed by atoms with Crippen molar-refractivity contribution in [2.45, 2.75) is 39.3 Å². The van der Waals surface area contributed by atoms with Crippen molar-refractivity contribution < 1.29 is 19.1 Å². The molecule has 1 saturated heterocycles. The highest BCUT2D eigenvalue weighted by Gasteiger charge is 2.30. The third-order valence-corrected chi connectivity index (χ3v) is 7.28. The number of hydrogen-bond acceptors (Lipinski definition) is 4. The fraction of sp³-hybridized carbons (Fsp3) is 0.312. The van der Waals surface area contributed by atoms with Crippen LogP contribution in [0.15, 0.2) is 84.9 Å². The van der Waals surface area contributed by atoms with Gasteiger partial charge in [-0.2, -0.15) is 0 Å². The number of carbonyl (C=O) groups is 2. The van der Waals surface area contributed by atoms with Crippen LogP contribution in [0.5, 0.6) is 5.75 Å². The Morgan fingerprint density at radius 2 is 1.61 bits per heavy atom. The van der Waals surface area contributed by atoms with Gasteiger partial charge in [0.25, 0.3) is 5.91 Å². The van der Waals surface area contributed by atoms with E-state index in [1.807, 2.05) is 79.4 Å². The molecule has 1 aliphatic heterocycles. The van der Waals surface area contributed by atoms with Crippen molar-refractivity contribution in [3.05, 3.63) is 102 Å². The number of likely N-dealkylation sites (tertiary alicyclic amines) is 1. The molecule has 2 heterocycles. The molecule has 0 radical (unpaired) electrons. The number of nitrogens with zero attached hydrogens (tertiary/aromatic N) is 2. The van der Waals surface area contributed by atoms with E-state index >= 15 is 0 Å². The molecular weight excluding hydrogens is 476 g/mol. The number of esters is 1. The second kappa shape index (κ2) is 11.5. The lowest BCUT2D eigenvalue weighted by molar-refractivity contribution is -0.149. The normalized spacial score (nSPS) is 14.8. The summed E-state index contributed by atoms with van der Waals surface area (Å²) in [7, 11) is 0. The average Bonchev–Trinajstić information content (AvgIpc) is 3.33. The number of hydrogen-bond donors (Lipinski definition) is 0. The van der Waals surface area contributed by atoms with Crippen LogP contribution in [-0.4, -0.2) is 41.0 Å². The van der Waals surface area contributed by atoms with Gasteiger partial charge in [0.1, 0.15) is 17.5 Å². The van der Waals surface area contributed by atoms with E-state index in [0.29, 0.717) is 44.8 Å². The Hall–Kier alpha value is -4.06. The third-order valence-electron chi connectivity index (χ3n) is 7.28. The number of fused-ring (bicyclic) bond motifs is 1. The highest BCUT2D eigenvalue weighted by molar-refractivity contribution is 6.00. The van der Waals surface area contributed by atoms with Gasteiger partial charge >= 0.3 is 5.97 Å². The Morgan fingerprint density at radius 3 is 2.29 bits per heavy atom. The Labute approximate surface area is 223 Å². The first-order valence-electron chi connectivity index (χ1n) is 13.4. The Bertz CT molecular complexity index is 1390. The van der Waals surface area contributed by atoms with Gasteiger partial charge in [-0.3, -0.25) is 9.59 Å². The smallest absolute Gasteiger partial charge is 0.309 e. The van der Waals surface area contributed by atoms with Crippen molar-refractivity contribution >= 4 is 22.8 Å². The third kappa shape index (κ3) is 5.44. The number of piperidine rings is 1. The molecule has 1 amide bonds.